The van der Waals surface area contributed by atoms with Gasteiger partial charge in [-0.1, -0.05) is 19.3 Å². The van der Waals surface area contributed by atoms with Crippen molar-refractivity contribution in [1.82, 2.24) is 14.7 Å². The number of hydrogen-bond acceptors (Lipinski definition) is 2. The summed E-state index contributed by atoms with van der Waals surface area (Å²) >= 11 is 0. The van der Waals surface area contributed by atoms with Gasteiger partial charge in [0.05, 0.1) is 17.8 Å². The number of amides is 1. The molecule has 1 saturated carbocycles. The molecule has 2 heterocycles. The molecule has 0 atom stereocenters. The molecule has 1 aromatic rings. The molecule has 0 N–H and O–H groups in total. The van der Waals surface area contributed by atoms with Crippen LogP contribution in [0, 0.1) is 0 Å². The van der Waals surface area contributed by atoms with Gasteiger partial charge in [-0.3, -0.25) is 9.48 Å². The predicted octanol–water partition coefficient (Wildman–Crippen LogP) is 2.62. The third kappa shape index (κ3) is 2.28. The molecule has 4 nitrogen and oxygen atoms in total. The fraction of sp³-hybridized carbons (Fsp3) is 0.714. The number of carbonyl (C=O) groups is 1. The van der Waals surface area contributed by atoms with Crippen molar-refractivity contribution in [2.45, 2.75) is 51.0 Å². The number of nitrogens with zero attached hydrogens (tertiary/aromatic N) is 3. The van der Waals surface area contributed by atoms with Crippen molar-refractivity contribution in [2.24, 2.45) is 0 Å². The fourth-order valence-electron chi connectivity index (χ4n) is 3.10. The third-order valence-corrected chi connectivity index (χ3v) is 4.19. The average Bonchev–Trinajstić information content (AvgIpc) is 3.10. The topological polar surface area (TPSA) is 38.1 Å². The average molecular weight is 247 g/mol. The van der Waals surface area contributed by atoms with Gasteiger partial charge in [-0.25, -0.2) is 0 Å². The van der Waals surface area contributed by atoms with Crippen LogP contribution in [0.2, 0.25) is 0 Å². The molecule has 1 aliphatic heterocycles. The van der Waals surface area contributed by atoms with Gasteiger partial charge in [-0.2, -0.15) is 5.10 Å². The molecule has 1 aromatic heterocycles. The summed E-state index contributed by atoms with van der Waals surface area (Å²) in [4.78, 5) is 14.2. The maximum atomic E-state index is 12.2. The molecule has 18 heavy (non-hydrogen) atoms. The first kappa shape index (κ1) is 11.8. The minimum atomic E-state index is 0.162. The molecule has 0 unspecified atom stereocenters. The predicted molar refractivity (Wildman–Crippen MR) is 69.5 cm³/mol. The standard InChI is InChI=1S/C14H21N3O/c18-14(16-8-4-5-9-16)12-10-15-17(11-12)13-6-2-1-3-7-13/h10-11,13H,1-9H2. The van der Waals surface area contributed by atoms with Gasteiger partial charge in [0.15, 0.2) is 0 Å². The van der Waals surface area contributed by atoms with Crippen molar-refractivity contribution >= 4 is 5.91 Å². The highest BCUT2D eigenvalue weighted by molar-refractivity contribution is 5.93. The van der Waals surface area contributed by atoms with Crippen molar-refractivity contribution in [3.05, 3.63) is 18.0 Å². The zero-order chi connectivity index (χ0) is 12.4. The van der Waals surface area contributed by atoms with E-state index < -0.39 is 0 Å². The lowest BCUT2D eigenvalue weighted by molar-refractivity contribution is 0.0792. The number of carbonyl (C=O) groups excluding carboxylic acids is 1. The van der Waals surface area contributed by atoms with Gasteiger partial charge < -0.3 is 4.90 Å². The second-order valence-corrected chi connectivity index (χ2v) is 5.50. The summed E-state index contributed by atoms with van der Waals surface area (Å²) in [5.41, 5.74) is 0.766. The summed E-state index contributed by atoms with van der Waals surface area (Å²) in [5, 5.41) is 4.40. The molecule has 1 amide bonds. The smallest absolute Gasteiger partial charge is 0.257 e. The maximum absolute atomic E-state index is 12.2. The summed E-state index contributed by atoms with van der Waals surface area (Å²) in [6, 6.07) is 0.513. The molecule has 2 fully saturated rings. The van der Waals surface area contributed by atoms with E-state index in [1.165, 1.54) is 32.1 Å². The Morgan fingerprint density at radius 1 is 1.11 bits per heavy atom. The molecule has 3 rings (SSSR count). The second-order valence-electron chi connectivity index (χ2n) is 5.50. The highest BCUT2D eigenvalue weighted by atomic mass is 16.2. The monoisotopic (exact) mass is 247 g/mol. The zero-order valence-corrected chi connectivity index (χ0v) is 10.8. The summed E-state index contributed by atoms with van der Waals surface area (Å²) in [5.74, 6) is 0.162. The van der Waals surface area contributed by atoms with Gasteiger partial charge in [0, 0.05) is 19.3 Å². The molecule has 2 aliphatic rings. The molecule has 1 aliphatic carbocycles. The minimum absolute atomic E-state index is 0.162. The van der Waals surface area contributed by atoms with E-state index in [4.69, 9.17) is 0 Å². The van der Waals surface area contributed by atoms with Crippen LogP contribution in [0.4, 0.5) is 0 Å². The van der Waals surface area contributed by atoms with E-state index in [9.17, 15) is 4.79 Å². The highest BCUT2D eigenvalue weighted by Gasteiger charge is 2.22. The Bertz CT molecular complexity index is 414. The molecule has 0 spiro atoms. The molecule has 4 heteroatoms. The van der Waals surface area contributed by atoms with Gasteiger partial charge in [-0.15, -0.1) is 0 Å². The summed E-state index contributed by atoms with van der Waals surface area (Å²) in [6.07, 6.45) is 12.3. The van der Waals surface area contributed by atoms with Crippen LogP contribution in [0.5, 0.6) is 0 Å². The van der Waals surface area contributed by atoms with E-state index in [2.05, 4.69) is 5.10 Å². The van der Waals surface area contributed by atoms with Crippen molar-refractivity contribution < 1.29 is 4.79 Å². The highest BCUT2D eigenvalue weighted by Crippen LogP contribution is 2.27. The molecule has 1 saturated heterocycles. The van der Waals surface area contributed by atoms with Gasteiger partial charge in [0.2, 0.25) is 0 Å². The van der Waals surface area contributed by atoms with Gasteiger partial charge in [0.1, 0.15) is 0 Å². The van der Waals surface area contributed by atoms with Gasteiger partial charge in [0.25, 0.3) is 5.91 Å². The first-order chi connectivity index (χ1) is 8.84. The molecule has 0 radical (unpaired) electrons. The first-order valence-electron chi connectivity index (χ1n) is 7.18. The van der Waals surface area contributed by atoms with E-state index in [-0.39, 0.29) is 5.91 Å². The Kier molecular flexibility index (Phi) is 3.35. The minimum Gasteiger partial charge on any atom is -0.339 e. The van der Waals surface area contributed by atoms with Crippen LogP contribution in [0.25, 0.3) is 0 Å². The quantitative estimate of drug-likeness (QED) is 0.805. The maximum Gasteiger partial charge on any atom is 0.257 e. The third-order valence-electron chi connectivity index (χ3n) is 4.19. The van der Waals surface area contributed by atoms with Crippen LogP contribution in [0.3, 0.4) is 0 Å². The lowest BCUT2D eigenvalue weighted by Gasteiger charge is -2.21. The Balaban J connectivity index is 1.70. The van der Waals surface area contributed by atoms with Crippen LogP contribution in [0.1, 0.15) is 61.3 Å². The van der Waals surface area contributed by atoms with E-state index in [0.717, 1.165) is 31.5 Å². The van der Waals surface area contributed by atoms with Crippen molar-refractivity contribution in [1.29, 1.82) is 0 Å². The Labute approximate surface area is 108 Å². The lowest BCUT2D eigenvalue weighted by Crippen LogP contribution is -2.27. The van der Waals surface area contributed by atoms with E-state index in [1.807, 2.05) is 15.8 Å². The van der Waals surface area contributed by atoms with Crippen LogP contribution in [-0.2, 0) is 0 Å². The largest absolute Gasteiger partial charge is 0.339 e. The molecule has 98 valence electrons. The Morgan fingerprint density at radius 2 is 1.83 bits per heavy atom. The molecular weight excluding hydrogens is 226 g/mol. The van der Waals surface area contributed by atoms with E-state index >= 15 is 0 Å². The molecule has 0 bridgehead atoms. The van der Waals surface area contributed by atoms with E-state index in [0.29, 0.717) is 6.04 Å². The Hall–Kier alpha value is -1.32. The molecular formula is C14H21N3O. The van der Waals surface area contributed by atoms with Crippen molar-refractivity contribution in [3.63, 3.8) is 0 Å². The second kappa shape index (κ2) is 5.12. The fourth-order valence-corrected chi connectivity index (χ4v) is 3.10. The van der Waals surface area contributed by atoms with Crippen LogP contribution >= 0.6 is 0 Å². The summed E-state index contributed by atoms with van der Waals surface area (Å²) in [7, 11) is 0. The Morgan fingerprint density at radius 3 is 2.56 bits per heavy atom. The summed E-state index contributed by atoms with van der Waals surface area (Å²) < 4.78 is 2.02. The van der Waals surface area contributed by atoms with Crippen LogP contribution in [0.15, 0.2) is 12.4 Å². The number of hydrogen-bond donors (Lipinski definition) is 0. The van der Waals surface area contributed by atoms with E-state index in [1.54, 1.807) is 6.20 Å². The number of aromatic nitrogens is 2. The lowest BCUT2D eigenvalue weighted by atomic mass is 9.96. The van der Waals surface area contributed by atoms with Gasteiger partial charge in [-0.05, 0) is 25.7 Å². The normalized spacial score (nSPS) is 21.4. The van der Waals surface area contributed by atoms with Crippen molar-refractivity contribution in [2.75, 3.05) is 13.1 Å². The van der Waals surface area contributed by atoms with Gasteiger partial charge >= 0.3 is 0 Å². The van der Waals surface area contributed by atoms with Crippen LogP contribution < -0.4 is 0 Å². The summed E-state index contributed by atoms with van der Waals surface area (Å²) in [6.45, 7) is 1.82. The molecule has 0 aromatic carbocycles. The van der Waals surface area contributed by atoms with Crippen molar-refractivity contribution in [3.8, 4) is 0 Å². The number of likely N-dealkylation sites (tertiary alicyclic amines) is 1. The SMILES string of the molecule is O=C(c1cnn(C2CCCCC2)c1)N1CCCC1. The zero-order valence-electron chi connectivity index (χ0n) is 10.8. The first-order valence-corrected chi connectivity index (χ1v) is 7.18. The number of rotatable bonds is 2. The van der Waals surface area contributed by atoms with Crippen LogP contribution in [-0.4, -0.2) is 33.7 Å².